The minimum Gasteiger partial charge on any atom is -0.497 e. The molecular formula is C20H30N6O. The van der Waals surface area contributed by atoms with Gasteiger partial charge in [-0.15, -0.1) is 0 Å². The van der Waals surface area contributed by atoms with Crippen LogP contribution < -0.4 is 15.4 Å². The fourth-order valence-electron chi connectivity index (χ4n) is 3.33. The van der Waals surface area contributed by atoms with Crippen molar-refractivity contribution in [2.45, 2.75) is 46.1 Å². The highest BCUT2D eigenvalue weighted by atomic mass is 16.5. The number of aromatic amines is 1. The summed E-state index contributed by atoms with van der Waals surface area (Å²) in [6, 6.07) is 7.70. The molecule has 1 fully saturated rings. The number of aromatic nitrogens is 3. The molecule has 0 aliphatic heterocycles. The topological polar surface area (TPSA) is 87.2 Å². The fourth-order valence-corrected chi connectivity index (χ4v) is 3.33. The monoisotopic (exact) mass is 370 g/mol. The second-order valence-corrected chi connectivity index (χ2v) is 7.09. The summed E-state index contributed by atoms with van der Waals surface area (Å²) in [6.07, 6.45) is 5.18. The van der Waals surface area contributed by atoms with Crippen molar-refractivity contribution in [2.24, 2.45) is 10.4 Å². The molecule has 1 aromatic heterocycles. The van der Waals surface area contributed by atoms with Crippen molar-refractivity contribution < 1.29 is 4.74 Å². The number of nitrogens with zero attached hydrogens (tertiary/aromatic N) is 3. The molecule has 0 saturated heterocycles. The van der Waals surface area contributed by atoms with Gasteiger partial charge in [-0.2, -0.15) is 5.10 Å². The first-order chi connectivity index (χ1) is 13.2. The van der Waals surface area contributed by atoms with Crippen LogP contribution in [-0.2, 0) is 6.54 Å². The zero-order valence-corrected chi connectivity index (χ0v) is 16.5. The maximum Gasteiger partial charge on any atom is 0.191 e. The number of methoxy groups -OCH3 is 1. The Kier molecular flexibility index (Phi) is 6.32. The van der Waals surface area contributed by atoms with Crippen molar-refractivity contribution in [3.05, 3.63) is 30.1 Å². The molecule has 0 spiro atoms. The predicted molar refractivity (Wildman–Crippen MR) is 108 cm³/mol. The van der Waals surface area contributed by atoms with Gasteiger partial charge in [-0.25, -0.2) is 9.98 Å². The standard InChI is InChI=1S/C20H30N6O/c1-4-20(11-6-12-20)14-23-19(21-5-2)22-13-17-24-18(26-25-17)15-7-9-16(27-3)10-8-15/h7-10H,4-6,11-14H2,1-3H3,(H2,21,22,23)(H,24,25,26). The number of benzene rings is 1. The van der Waals surface area contributed by atoms with Crippen LogP contribution in [0.15, 0.2) is 29.3 Å². The Morgan fingerprint density at radius 1 is 1.22 bits per heavy atom. The number of guanidine groups is 1. The molecular weight excluding hydrogens is 340 g/mol. The van der Waals surface area contributed by atoms with E-state index in [2.05, 4.69) is 44.7 Å². The van der Waals surface area contributed by atoms with Crippen LogP contribution in [0.1, 0.15) is 45.4 Å². The average Bonchev–Trinajstić information content (AvgIpc) is 3.14. The minimum absolute atomic E-state index is 0.448. The van der Waals surface area contributed by atoms with Crippen LogP contribution >= 0.6 is 0 Å². The lowest BCUT2D eigenvalue weighted by Gasteiger charge is -2.41. The normalized spacial score (nSPS) is 15.9. The summed E-state index contributed by atoms with van der Waals surface area (Å²) in [5, 5.41) is 14.1. The summed E-state index contributed by atoms with van der Waals surface area (Å²) in [5.74, 6) is 3.06. The van der Waals surface area contributed by atoms with Crippen LogP contribution in [-0.4, -0.2) is 41.3 Å². The molecule has 0 unspecified atom stereocenters. The average molecular weight is 371 g/mol. The summed E-state index contributed by atoms with van der Waals surface area (Å²) in [4.78, 5) is 9.20. The molecule has 1 aliphatic rings. The predicted octanol–water partition coefficient (Wildman–Crippen LogP) is 3.12. The smallest absolute Gasteiger partial charge is 0.191 e. The summed E-state index contributed by atoms with van der Waals surface area (Å²) in [7, 11) is 1.65. The Hall–Kier alpha value is -2.57. The Balaban J connectivity index is 1.61. The molecule has 1 saturated carbocycles. The molecule has 0 radical (unpaired) electrons. The Morgan fingerprint density at radius 3 is 2.59 bits per heavy atom. The van der Waals surface area contributed by atoms with E-state index in [1.54, 1.807) is 7.11 Å². The molecule has 1 aromatic carbocycles. The largest absolute Gasteiger partial charge is 0.497 e. The number of hydrogen-bond acceptors (Lipinski definition) is 4. The van der Waals surface area contributed by atoms with Gasteiger partial charge in [-0.05, 0) is 55.9 Å². The Morgan fingerprint density at radius 2 is 2.00 bits per heavy atom. The molecule has 27 heavy (non-hydrogen) atoms. The van der Waals surface area contributed by atoms with Crippen molar-refractivity contribution in [1.82, 2.24) is 25.8 Å². The number of nitrogens with one attached hydrogen (secondary N) is 3. The lowest BCUT2D eigenvalue weighted by molar-refractivity contribution is 0.131. The van der Waals surface area contributed by atoms with E-state index < -0.39 is 0 Å². The van der Waals surface area contributed by atoms with Crippen LogP contribution in [0.2, 0.25) is 0 Å². The molecule has 7 nitrogen and oxygen atoms in total. The summed E-state index contributed by atoms with van der Waals surface area (Å²) in [6.45, 7) is 6.62. The van der Waals surface area contributed by atoms with Crippen molar-refractivity contribution in [3.63, 3.8) is 0 Å². The third-order valence-electron chi connectivity index (χ3n) is 5.41. The molecule has 7 heteroatoms. The quantitative estimate of drug-likeness (QED) is 0.491. The first-order valence-corrected chi connectivity index (χ1v) is 9.76. The van der Waals surface area contributed by atoms with E-state index in [1.165, 1.54) is 25.7 Å². The Bertz CT molecular complexity index is 743. The van der Waals surface area contributed by atoms with Gasteiger partial charge in [0.15, 0.2) is 11.8 Å². The van der Waals surface area contributed by atoms with Gasteiger partial charge in [0, 0.05) is 18.7 Å². The van der Waals surface area contributed by atoms with Gasteiger partial charge in [0.1, 0.15) is 18.1 Å². The zero-order valence-electron chi connectivity index (χ0n) is 16.5. The first-order valence-electron chi connectivity index (χ1n) is 9.76. The summed E-state index contributed by atoms with van der Waals surface area (Å²) in [5.41, 5.74) is 1.39. The molecule has 2 aromatic rings. The molecule has 3 N–H and O–H groups in total. The van der Waals surface area contributed by atoms with Gasteiger partial charge in [0.25, 0.3) is 0 Å². The van der Waals surface area contributed by atoms with E-state index in [4.69, 9.17) is 4.74 Å². The summed E-state index contributed by atoms with van der Waals surface area (Å²) >= 11 is 0. The third kappa shape index (κ3) is 4.78. The van der Waals surface area contributed by atoms with E-state index in [-0.39, 0.29) is 0 Å². The Labute approximate surface area is 161 Å². The number of rotatable bonds is 8. The lowest BCUT2D eigenvalue weighted by Crippen LogP contribution is -2.46. The van der Waals surface area contributed by atoms with Crippen molar-refractivity contribution >= 4 is 5.96 Å². The van der Waals surface area contributed by atoms with Gasteiger partial charge >= 0.3 is 0 Å². The highest BCUT2D eigenvalue weighted by molar-refractivity contribution is 5.79. The van der Waals surface area contributed by atoms with E-state index >= 15 is 0 Å². The number of hydrogen-bond donors (Lipinski definition) is 3. The lowest BCUT2D eigenvalue weighted by atomic mass is 9.67. The van der Waals surface area contributed by atoms with Crippen molar-refractivity contribution in [1.29, 1.82) is 0 Å². The molecule has 1 heterocycles. The van der Waals surface area contributed by atoms with Gasteiger partial charge < -0.3 is 15.4 Å². The van der Waals surface area contributed by atoms with Crippen LogP contribution in [0.25, 0.3) is 11.4 Å². The minimum atomic E-state index is 0.448. The first kappa shape index (κ1) is 19.2. The number of ether oxygens (including phenoxy) is 1. The van der Waals surface area contributed by atoms with Crippen LogP contribution in [0.3, 0.4) is 0 Å². The zero-order chi connectivity index (χ0) is 19.1. The van der Waals surface area contributed by atoms with Gasteiger partial charge in [-0.1, -0.05) is 13.3 Å². The second kappa shape index (κ2) is 8.88. The number of aliphatic imine (C=N–C) groups is 1. The van der Waals surface area contributed by atoms with Gasteiger partial charge in [0.05, 0.1) is 7.11 Å². The van der Waals surface area contributed by atoms with E-state index in [1.807, 2.05) is 24.3 Å². The molecule has 3 rings (SSSR count). The third-order valence-corrected chi connectivity index (χ3v) is 5.41. The van der Waals surface area contributed by atoms with Crippen LogP contribution in [0.5, 0.6) is 5.75 Å². The second-order valence-electron chi connectivity index (χ2n) is 7.09. The molecule has 0 amide bonds. The van der Waals surface area contributed by atoms with Crippen molar-refractivity contribution in [3.8, 4) is 17.1 Å². The highest BCUT2D eigenvalue weighted by Gasteiger charge is 2.34. The summed E-state index contributed by atoms with van der Waals surface area (Å²) < 4.78 is 5.18. The SMILES string of the molecule is CCNC(=NCc1nc(-c2ccc(OC)cc2)n[nH]1)NCC1(CC)CCC1. The fraction of sp³-hybridized carbons (Fsp3) is 0.550. The highest BCUT2D eigenvalue weighted by Crippen LogP contribution is 2.42. The van der Waals surface area contributed by atoms with E-state index in [0.717, 1.165) is 36.2 Å². The van der Waals surface area contributed by atoms with Crippen LogP contribution in [0, 0.1) is 5.41 Å². The maximum atomic E-state index is 5.18. The maximum absolute atomic E-state index is 5.18. The molecule has 0 bridgehead atoms. The molecule has 146 valence electrons. The number of H-pyrrole nitrogens is 1. The molecule has 0 atom stereocenters. The van der Waals surface area contributed by atoms with Gasteiger partial charge in [0.2, 0.25) is 0 Å². The van der Waals surface area contributed by atoms with Crippen LogP contribution in [0.4, 0.5) is 0 Å². The molecule has 1 aliphatic carbocycles. The van der Waals surface area contributed by atoms with Gasteiger partial charge in [-0.3, -0.25) is 5.10 Å². The van der Waals surface area contributed by atoms with Crippen molar-refractivity contribution in [2.75, 3.05) is 20.2 Å². The van der Waals surface area contributed by atoms with E-state index in [9.17, 15) is 0 Å². The van der Waals surface area contributed by atoms with E-state index in [0.29, 0.717) is 17.8 Å².